The van der Waals surface area contributed by atoms with Gasteiger partial charge >= 0.3 is 0 Å². The molecule has 2 atom stereocenters. The predicted molar refractivity (Wildman–Crippen MR) is 73.2 cm³/mol. The summed E-state index contributed by atoms with van der Waals surface area (Å²) in [5.41, 5.74) is 5.68. The van der Waals surface area contributed by atoms with Crippen LogP contribution in [-0.4, -0.2) is 32.2 Å². The lowest BCUT2D eigenvalue weighted by Crippen LogP contribution is -2.35. The van der Waals surface area contributed by atoms with Crippen LogP contribution in [0.15, 0.2) is 0 Å². The SMILES string of the molecule is CC(C)COCCCNC(=O)C1CCCC1CN. The summed E-state index contributed by atoms with van der Waals surface area (Å²) in [7, 11) is 0. The number of hydrogen-bond acceptors (Lipinski definition) is 3. The van der Waals surface area contributed by atoms with Gasteiger partial charge in [0.2, 0.25) is 5.91 Å². The molecule has 1 rings (SSSR count). The van der Waals surface area contributed by atoms with Gasteiger partial charge in [0.15, 0.2) is 0 Å². The fourth-order valence-electron chi connectivity index (χ4n) is 2.50. The van der Waals surface area contributed by atoms with Gasteiger partial charge < -0.3 is 15.8 Å². The first-order chi connectivity index (χ1) is 8.65. The van der Waals surface area contributed by atoms with Crippen molar-refractivity contribution in [1.82, 2.24) is 5.32 Å². The Labute approximate surface area is 111 Å². The minimum atomic E-state index is 0.145. The highest BCUT2D eigenvalue weighted by atomic mass is 16.5. The molecule has 0 radical (unpaired) electrons. The van der Waals surface area contributed by atoms with Crippen LogP contribution in [0.3, 0.4) is 0 Å². The fourth-order valence-corrected chi connectivity index (χ4v) is 2.50. The normalized spacial score (nSPS) is 23.6. The summed E-state index contributed by atoms with van der Waals surface area (Å²) in [6, 6.07) is 0. The average molecular weight is 256 g/mol. The Hall–Kier alpha value is -0.610. The number of hydrogen-bond donors (Lipinski definition) is 2. The lowest BCUT2D eigenvalue weighted by atomic mass is 9.95. The number of rotatable bonds is 8. The molecule has 0 spiro atoms. The zero-order valence-corrected chi connectivity index (χ0v) is 11.8. The summed E-state index contributed by atoms with van der Waals surface area (Å²) in [4.78, 5) is 11.9. The largest absolute Gasteiger partial charge is 0.381 e. The van der Waals surface area contributed by atoms with Crippen LogP contribution in [0.5, 0.6) is 0 Å². The first-order valence-corrected chi connectivity index (χ1v) is 7.20. The Kier molecular flexibility index (Phi) is 7.28. The Morgan fingerprint density at radius 2 is 2.22 bits per heavy atom. The van der Waals surface area contributed by atoms with Crippen molar-refractivity contribution < 1.29 is 9.53 Å². The Morgan fingerprint density at radius 3 is 2.89 bits per heavy atom. The van der Waals surface area contributed by atoms with Crippen molar-refractivity contribution in [3.8, 4) is 0 Å². The third kappa shape index (κ3) is 5.36. The van der Waals surface area contributed by atoms with E-state index in [2.05, 4.69) is 19.2 Å². The molecule has 1 fully saturated rings. The highest BCUT2D eigenvalue weighted by Gasteiger charge is 2.31. The van der Waals surface area contributed by atoms with Crippen LogP contribution in [0, 0.1) is 17.8 Å². The van der Waals surface area contributed by atoms with Crippen molar-refractivity contribution in [2.24, 2.45) is 23.5 Å². The maximum atomic E-state index is 11.9. The van der Waals surface area contributed by atoms with Crippen LogP contribution >= 0.6 is 0 Å². The second-order valence-corrected chi connectivity index (χ2v) is 5.65. The van der Waals surface area contributed by atoms with Crippen LogP contribution in [-0.2, 0) is 9.53 Å². The summed E-state index contributed by atoms with van der Waals surface area (Å²) in [5, 5.41) is 3.00. The Bertz CT molecular complexity index is 244. The van der Waals surface area contributed by atoms with Crippen LogP contribution in [0.25, 0.3) is 0 Å². The number of carbonyl (C=O) groups excluding carboxylic acids is 1. The maximum absolute atomic E-state index is 11.9. The highest BCUT2D eigenvalue weighted by Crippen LogP contribution is 2.30. The van der Waals surface area contributed by atoms with Gasteiger partial charge in [-0.2, -0.15) is 0 Å². The summed E-state index contributed by atoms with van der Waals surface area (Å²) >= 11 is 0. The zero-order chi connectivity index (χ0) is 13.4. The second kappa shape index (κ2) is 8.48. The number of amides is 1. The molecule has 0 aromatic heterocycles. The van der Waals surface area contributed by atoms with Crippen molar-refractivity contribution in [2.45, 2.75) is 39.5 Å². The molecule has 0 saturated heterocycles. The van der Waals surface area contributed by atoms with E-state index in [1.165, 1.54) is 0 Å². The zero-order valence-electron chi connectivity index (χ0n) is 11.8. The van der Waals surface area contributed by atoms with E-state index in [1.807, 2.05) is 0 Å². The molecule has 4 nitrogen and oxygen atoms in total. The molecule has 0 heterocycles. The van der Waals surface area contributed by atoms with Gasteiger partial charge in [0.25, 0.3) is 0 Å². The van der Waals surface area contributed by atoms with Gasteiger partial charge in [-0.25, -0.2) is 0 Å². The molecule has 18 heavy (non-hydrogen) atoms. The van der Waals surface area contributed by atoms with E-state index in [9.17, 15) is 4.79 Å². The van der Waals surface area contributed by atoms with E-state index >= 15 is 0 Å². The smallest absolute Gasteiger partial charge is 0.223 e. The molecular weight excluding hydrogens is 228 g/mol. The molecule has 1 aliphatic rings. The summed E-state index contributed by atoms with van der Waals surface area (Å²) in [5.74, 6) is 1.30. The Morgan fingerprint density at radius 1 is 1.44 bits per heavy atom. The molecule has 4 heteroatoms. The topological polar surface area (TPSA) is 64.3 Å². The first-order valence-electron chi connectivity index (χ1n) is 7.20. The standard InChI is InChI=1S/C14H28N2O2/c1-11(2)10-18-8-4-7-16-14(17)13-6-3-5-12(13)9-15/h11-13H,3-10,15H2,1-2H3,(H,16,17). The molecule has 0 aliphatic heterocycles. The van der Waals surface area contributed by atoms with Gasteiger partial charge in [0.05, 0.1) is 0 Å². The minimum Gasteiger partial charge on any atom is -0.381 e. The van der Waals surface area contributed by atoms with Crippen molar-refractivity contribution >= 4 is 5.91 Å². The number of nitrogens with one attached hydrogen (secondary N) is 1. The third-order valence-corrected chi connectivity index (χ3v) is 3.51. The van der Waals surface area contributed by atoms with E-state index in [0.29, 0.717) is 24.9 Å². The van der Waals surface area contributed by atoms with Gasteiger partial charge in [-0.1, -0.05) is 20.3 Å². The van der Waals surface area contributed by atoms with E-state index < -0.39 is 0 Å². The molecule has 1 amide bonds. The molecule has 3 N–H and O–H groups in total. The summed E-state index contributed by atoms with van der Waals surface area (Å²) in [6.07, 6.45) is 4.12. The lowest BCUT2D eigenvalue weighted by Gasteiger charge is -2.17. The molecule has 0 aromatic carbocycles. The molecule has 1 aliphatic carbocycles. The first kappa shape index (κ1) is 15.4. The molecular formula is C14H28N2O2. The van der Waals surface area contributed by atoms with Crippen LogP contribution in [0.4, 0.5) is 0 Å². The highest BCUT2D eigenvalue weighted by molar-refractivity contribution is 5.79. The predicted octanol–water partition coefficient (Wildman–Crippen LogP) is 1.54. The van der Waals surface area contributed by atoms with E-state index in [4.69, 9.17) is 10.5 Å². The van der Waals surface area contributed by atoms with Crippen LogP contribution < -0.4 is 11.1 Å². The molecule has 106 valence electrons. The van der Waals surface area contributed by atoms with Crippen molar-refractivity contribution in [3.63, 3.8) is 0 Å². The average Bonchev–Trinajstić information content (AvgIpc) is 2.81. The monoisotopic (exact) mass is 256 g/mol. The third-order valence-electron chi connectivity index (χ3n) is 3.51. The number of carbonyl (C=O) groups is 1. The van der Waals surface area contributed by atoms with Gasteiger partial charge in [-0.3, -0.25) is 4.79 Å². The van der Waals surface area contributed by atoms with Crippen molar-refractivity contribution in [1.29, 1.82) is 0 Å². The second-order valence-electron chi connectivity index (χ2n) is 5.65. The molecule has 0 bridgehead atoms. The van der Waals surface area contributed by atoms with Gasteiger partial charge in [0, 0.05) is 25.7 Å². The van der Waals surface area contributed by atoms with E-state index in [0.717, 1.165) is 38.9 Å². The maximum Gasteiger partial charge on any atom is 0.223 e. The number of nitrogens with two attached hydrogens (primary N) is 1. The molecule has 1 saturated carbocycles. The quantitative estimate of drug-likeness (QED) is 0.647. The van der Waals surface area contributed by atoms with Crippen molar-refractivity contribution in [3.05, 3.63) is 0 Å². The van der Waals surface area contributed by atoms with Crippen LogP contribution in [0.1, 0.15) is 39.5 Å². The molecule has 0 aromatic rings. The van der Waals surface area contributed by atoms with Gasteiger partial charge in [-0.15, -0.1) is 0 Å². The van der Waals surface area contributed by atoms with E-state index in [1.54, 1.807) is 0 Å². The van der Waals surface area contributed by atoms with Crippen LogP contribution in [0.2, 0.25) is 0 Å². The van der Waals surface area contributed by atoms with E-state index in [-0.39, 0.29) is 11.8 Å². The van der Waals surface area contributed by atoms with Gasteiger partial charge in [-0.05, 0) is 37.6 Å². The van der Waals surface area contributed by atoms with Gasteiger partial charge in [0.1, 0.15) is 0 Å². The number of ether oxygens (including phenoxy) is 1. The minimum absolute atomic E-state index is 0.145. The lowest BCUT2D eigenvalue weighted by molar-refractivity contribution is -0.126. The Balaban J connectivity index is 2.06. The fraction of sp³-hybridized carbons (Fsp3) is 0.929. The van der Waals surface area contributed by atoms with Crippen molar-refractivity contribution in [2.75, 3.05) is 26.3 Å². The summed E-state index contributed by atoms with van der Waals surface area (Å²) < 4.78 is 5.47. The molecule has 2 unspecified atom stereocenters. The summed E-state index contributed by atoms with van der Waals surface area (Å²) in [6.45, 7) is 7.14.